The summed E-state index contributed by atoms with van der Waals surface area (Å²) in [6, 6.07) is -0.0563. The monoisotopic (exact) mass is 246 g/mol. The van der Waals surface area contributed by atoms with Crippen LogP contribution in [0.25, 0.3) is 0 Å². The minimum absolute atomic E-state index is 0.0563. The smallest absolute Gasteiger partial charge is 0.0571 e. The SMILES string of the molecule is C=C/C=C1/C=C(C(C)N)C(C2(N)CCC2)=CN1N. The highest BCUT2D eigenvalue weighted by molar-refractivity contribution is 5.50. The topological polar surface area (TPSA) is 81.3 Å². The number of hydrazine groups is 1. The summed E-state index contributed by atoms with van der Waals surface area (Å²) >= 11 is 0. The molecule has 4 heteroatoms. The molecule has 0 aromatic heterocycles. The quantitative estimate of drug-likeness (QED) is 0.655. The van der Waals surface area contributed by atoms with Crippen molar-refractivity contribution >= 4 is 0 Å². The highest BCUT2D eigenvalue weighted by Crippen LogP contribution is 2.41. The Kier molecular flexibility index (Phi) is 3.43. The number of hydrogen-bond acceptors (Lipinski definition) is 4. The molecular weight excluding hydrogens is 224 g/mol. The molecule has 4 nitrogen and oxygen atoms in total. The molecule has 18 heavy (non-hydrogen) atoms. The molecule has 1 aliphatic heterocycles. The Labute approximate surface area is 108 Å². The third-order valence-electron chi connectivity index (χ3n) is 3.74. The van der Waals surface area contributed by atoms with E-state index in [1.165, 1.54) is 6.42 Å². The summed E-state index contributed by atoms with van der Waals surface area (Å²) < 4.78 is 0. The van der Waals surface area contributed by atoms with Crippen LogP contribution in [0.4, 0.5) is 0 Å². The zero-order chi connectivity index (χ0) is 13.3. The van der Waals surface area contributed by atoms with Crippen molar-refractivity contribution in [1.29, 1.82) is 0 Å². The van der Waals surface area contributed by atoms with Gasteiger partial charge in [-0.15, -0.1) is 0 Å². The summed E-state index contributed by atoms with van der Waals surface area (Å²) in [7, 11) is 0. The average molecular weight is 246 g/mol. The van der Waals surface area contributed by atoms with Crippen molar-refractivity contribution < 1.29 is 0 Å². The lowest BCUT2D eigenvalue weighted by molar-refractivity contribution is 0.292. The fourth-order valence-corrected chi connectivity index (χ4v) is 2.47. The molecule has 1 heterocycles. The first-order chi connectivity index (χ1) is 8.48. The molecule has 2 aliphatic rings. The van der Waals surface area contributed by atoms with Crippen molar-refractivity contribution in [1.82, 2.24) is 5.01 Å². The normalized spacial score (nSPS) is 26.2. The van der Waals surface area contributed by atoms with Crippen LogP contribution < -0.4 is 17.3 Å². The van der Waals surface area contributed by atoms with Gasteiger partial charge in [-0.3, -0.25) is 5.01 Å². The zero-order valence-electron chi connectivity index (χ0n) is 10.9. The lowest BCUT2D eigenvalue weighted by Crippen LogP contribution is -2.51. The van der Waals surface area contributed by atoms with Gasteiger partial charge in [-0.05, 0) is 49.5 Å². The van der Waals surface area contributed by atoms with Gasteiger partial charge < -0.3 is 11.5 Å². The number of hydrogen-bond donors (Lipinski definition) is 3. The summed E-state index contributed by atoms with van der Waals surface area (Å²) in [6.07, 6.45) is 10.7. The van der Waals surface area contributed by atoms with Crippen LogP contribution in [0.1, 0.15) is 26.2 Å². The molecule has 2 rings (SSSR count). The first-order valence-electron chi connectivity index (χ1n) is 6.33. The highest BCUT2D eigenvalue weighted by Gasteiger charge is 2.39. The van der Waals surface area contributed by atoms with Gasteiger partial charge in [0.25, 0.3) is 0 Å². The maximum absolute atomic E-state index is 6.40. The number of nitrogens with zero attached hydrogens (tertiary/aromatic N) is 1. The van der Waals surface area contributed by atoms with Crippen molar-refractivity contribution in [3.05, 3.63) is 47.9 Å². The van der Waals surface area contributed by atoms with Crippen molar-refractivity contribution in [2.75, 3.05) is 0 Å². The number of allylic oxidation sites excluding steroid dienone is 3. The minimum atomic E-state index is -0.253. The van der Waals surface area contributed by atoms with E-state index in [0.717, 1.165) is 29.7 Å². The van der Waals surface area contributed by atoms with E-state index in [0.29, 0.717) is 0 Å². The van der Waals surface area contributed by atoms with Gasteiger partial charge >= 0.3 is 0 Å². The van der Waals surface area contributed by atoms with E-state index in [1.54, 1.807) is 11.1 Å². The van der Waals surface area contributed by atoms with E-state index < -0.39 is 0 Å². The summed E-state index contributed by atoms with van der Waals surface area (Å²) in [5.41, 5.74) is 15.2. The predicted octanol–water partition coefficient (Wildman–Crippen LogP) is 1.28. The number of rotatable bonds is 3. The van der Waals surface area contributed by atoms with Crippen LogP contribution in [-0.2, 0) is 0 Å². The van der Waals surface area contributed by atoms with Gasteiger partial charge in [0.2, 0.25) is 0 Å². The molecule has 0 saturated heterocycles. The summed E-state index contributed by atoms with van der Waals surface area (Å²) in [5, 5.41) is 1.59. The lowest BCUT2D eigenvalue weighted by Gasteiger charge is -2.44. The Balaban J connectivity index is 2.40. The van der Waals surface area contributed by atoms with Crippen molar-refractivity contribution in [2.45, 2.75) is 37.8 Å². The molecule has 1 aliphatic carbocycles. The van der Waals surface area contributed by atoms with Crippen molar-refractivity contribution in [3.8, 4) is 0 Å². The second-order valence-corrected chi connectivity index (χ2v) is 5.18. The molecular formula is C14H22N4. The fraction of sp³-hybridized carbons (Fsp3) is 0.429. The van der Waals surface area contributed by atoms with Crippen LogP contribution in [0.3, 0.4) is 0 Å². The Morgan fingerprint density at radius 1 is 1.50 bits per heavy atom. The van der Waals surface area contributed by atoms with Crippen LogP contribution in [0.15, 0.2) is 47.9 Å². The molecule has 0 amide bonds. The zero-order valence-corrected chi connectivity index (χ0v) is 10.9. The van der Waals surface area contributed by atoms with Gasteiger partial charge in [-0.25, -0.2) is 5.84 Å². The van der Waals surface area contributed by atoms with Gasteiger partial charge in [-0.1, -0.05) is 12.7 Å². The Morgan fingerprint density at radius 2 is 2.17 bits per heavy atom. The molecule has 1 atom stereocenters. The van der Waals surface area contributed by atoms with Crippen molar-refractivity contribution in [2.24, 2.45) is 17.3 Å². The molecule has 1 fully saturated rings. The largest absolute Gasteiger partial charge is 0.324 e. The van der Waals surface area contributed by atoms with Crippen LogP contribution in [0, 0.1) is 0 Å². The maximum Gasteiger partial charge on any atom is 0.0571 e. The Morgan fingerprint density at radius 3 is 2.61 bits per heavy atom. The third-order valence-corrected chi connectivity index (χ3v) is 3.74. The molecule has 0 spiro atoms. The summed E-state index contributed by atoms with van der Waals surface area (Å²) in [5.74, 6) is 5.99. The first-order valence-corrected chi connectivity index (χ1v) is 6.33. The van der Waals surface area contributed by atoms with Crippen molar-refractivity contribution in [3.63, 3.8) is 0 Å². The van der Waals surface area contributed by atoms with E-state index >= 15 is 0 Å². The summed E-state index contributed by atoms with van der Waals surface area (Å²) in [4.78, 5) is 0. The third kappa shape index (κ3) is 2.14. The second kappa shape index (κ2) is 4.72. The Bertz CT molecular complexity index is 439. The van der Waals surface area contributed by atoms with Crippen LogP contribution in [0.2, 0.25) is 0 Å². The highest BCUT2D eigenvalue weighted by atomic mass is 15.4. The standard InChI is InChI=1S/C14H22N4/c1-3-5-11-8-12(10(2)15)13(9-18(11)17)14(16)6-4-7-14/h3,5,8-10H,1,4,6-7,15-17H2,2H3/b11-5-. The van der Waals surface area contributed by atoms with Crippen LogP contribution >= 0.6 is 0 Å². The second-order valence-electron chi connectivity index (χ2n) is 5.18. The molecule has 98 valence electrons. The molecule has 1 unspecified atom stereocenters. The van der Waals surface area contributed by atoms with Crippen LogP contribution in [-0.4, -0.2) is 16.6 Å². The molecule has 1 saturated carbocycles. The van der Waals surface area contributed by atoms with Gasteiger partial charge in [0, 0.05) is 17.8 Å². The lowest BCUT2D eigenvalue weighted by atomic mass is 9.69. The molecule has 0 radical (unpaired) electrons. The molecule has 0 bridgehead atoms. The molecule has 0 aromatic carbocycles. The fourth-order valence-electron chi connectivity index (χ4n) is 2.47. The predicted molar refractivity (Wildman–Crippen MR) is 74.9 cm³/mol. The van der Waals surface area contributed by atoms with E-state index in [4.69, 9.17) is 17.3 Å². The van der Waals surface area contributed by atoms with E-state index in [2.05, 4.69) is 6.58 Å². The van der Waals surface area contributed by atoms with Crippen LogP contribution in [0.5, 0.6) is 0 Å². The number of nitrogens with two attached hydrogens (primary N) is 3. The van der Waals surface area contributed by atoms with Gasteiger partial charge in [-0.2, -0.15) is 0 Å². The molecule has 6 N–H and O–H groups in total. The Hall–Kier alpha value is -1.36. The first kappa shape index (κ1) is 13.1. The van der Waals surface area contributed by atoms with Gasteiger partial charge in [0.15, 0.2) is 0 Å². The van der Waals surface area contributed by atoms with E-state index in [-0.39, 0.29) is 11.6 Å². The minimum Gasteiger partial charge on any atom is -0.324 e. The van der Waals surface area contributed by atoms with E-state index in [1.807, 2.05) is 25.3 Å². The molecule has 0 aromatic rings. The van der Waals surface area contributed by atoms with Gasteiger partial charge in [0.1, 0.15) is 0 Å². The average Bonchev–Trinajstić information content (AvgIpc) is 2.28. The van der Waals surface area contributed by atoms with E-state index in [9.17, 15) is 0 Å². The maximum atomic E-state index is 6.40. The summed E-state index contributed by atoms with van der Waals surface area (Å²) in [6.45, 7) is 5.66. The van der Waals surface area contributed by atoms with Gasteiger partial charge in [0.05, 0.1) is 5.70 Å².